The molecule has 2 aromatic rings. The number of aliphatic hydroxyl groups excluding tert-OH is 1. The standard InChI is InChI=1S/C37H47N3O6/c1-8-20-38(27-14-16-28(17-15-27)45-11-4)33(42)30-31-34(43)40(26(10-3)23-41)32(37(31)19-18-36(30,7)46-37)35(44)39(21-9-2)29-22-24(5)12-13-25(29)6/h8-9,12-17,22,26,30-32,41H,1-2,10-11,18-21,23H2,3-7H3/t26-,30+,31-,32?,36-,37?/m0/s1. The maximum atomic E-state index is 14.9. The minimum absolute atomic E-state index is 0.225. The SMILES string of the molecule is C=CCN(C(=O)[C@H]1[C@H]2C(=O)N([C@@H](CC)CO)C(C(=O)N(CC=C)c3cc(C)ccc3C)C23CC[C@]1(C)O3)c1ccc(OCC)cc1. The molecule has 3 fully saturated rings. The number of carbonyl (C=O) groups excluding carboxylic acids is 3. The van der Waals surface area contributed by atoms with Gasteiger partial charge in [0.05, 0.1) is 36.7 Å². The molecule has 9 nitrogen and oxygen atoms in total. The van der Waals surface area contributed by atoms with E-state index in [0.717, 1.165) is 16.8 Å². The van der Waals surface area contributed by atoms with Gasteiger partial charge in [-0.05, 0) is 88.4 Å². The highest BCUT2D eigenvalue weighted by Crippen LogP contribution is 2.64. The summed E-state index contributed by atoms with van der Waals surface area (Å²) >= 11 is 0. The molecule has 3 aliphatic heterocycles. The number of aryl methyl sites for hydroxylation is 2. The van der Waals surface area contributed by atoms with E-state index in [9.17, 15) is 19.5 Å². The van der Waals surface area contributed by atoms with Crippen molar-refractivity contribution in [1.82, 2.24) is 4.90 Å². The fraction of sp³-hybridized carbons (Fsp3) is 0.486. The monoisotopic (exact) mass is 629 g/mol. The summed E-state index contributed by atoms with van der Waals surface area (Å²) in [5, 5.41) is 10.5. The predicted octanol–water partition coefficient (Wildman–Crippen LogP) is 4.98. The van der Waals surface area contributed by atoms with Crippen molar-refractivity contribution in [3.63, 3.8) is 0 Å². The number of likely N-dealkylation sites (tertiary alicyclic amines) is 1. The second-order valence-corrected chi connectivity index (χ2v) is 12.9. The van der Waals surface area contributed by atoms with Crippen molar-refractivity contribution in [3.05, 3.63) is 78.9 Å². The second-order valence-electron chi connectivity index (χ2n) is 12.9. The van der Waals surface area contributed by atoms with E-state index >= 15 is 0 Å². The van der Waals surface area contributed by atoms with Gasteiger partial charge in [0.2, 0.25) is 11.8 Å². The lowest BCUT2D eigenvalue weighted by atomic mass is 9.66. The van der Waals surface area contributed by atoms with Crippen LogP contribution in [0.2, 0.25) is 0 Å². The summed E-state index contributed by atoms with van der Waals surface area (Å²) in [6.45, 7) is 18.1. The lowest BCUT2D eigenvalue weighted by Crippen LogP contribution is -2.59. The molecule has 1 N–H and O–H groups in total. The highest BCUT2D eigenvalue weighted by molar-refractivity contribution is 6.07. The van der Waals surface area contributed by atoms with E-state index in [1.807, 2.05) is 77.1 Å². The number of benzene rings is 2. The highest BCUT2D eigenvalue weighted by atomic mass is 16.5. The van der Waals surface area contributed by atoms with Crippen molar-refractivity contribution < 1.29 is 29.0 Å². The number of fused-ring (bicyclic) bond motifs is 1. The van der Waals surface area contributed by atoms with Gasteiger partial charge in [0.1, 0.15) is 17.4 Å². The first-order valence-corrected chi connectivity index (χ1v) is 16.3. The smallest absolute Gasteiger partial charge is 0.253 e. The number of aliphatic hydroxyl groups is 1. The Bertz CT molecular complexity index is 1500. The van der Waals surface area contributed by atoms with Crippen LogP contribution in [-0.2, 0) is 19.1 Å². The van der Waals surface area contributed by atoms with E-state index in [1.54, 1.807) is 22.0 Å². The Morgan fingerprint density at radius 1 is 1.07 bits per heavy atom. The van der Waals surface area contributed by atoms with Crippen LogP contribution in [0.15, 0.2) is 67.8 Å². The third-order valence-electron chi connectivity index (χ3n) is 10.1. The van der Waals surface area contributed by atoms with Crippen molar-refractivity contribution in [1.29, 1.82) is 0 Å². The van der Waals surface area contributed by atoms with E-state index in [0.29, 0.717) is 37.3 Å². The quantitative estimate of drug-likeness (QED) is 0.314. The Morgan fingerprint density at radius 2 is 1.74 bits per heavy atom. The molecule has 46 heavy (non-hydrogen) atoms. The first-order valence-electron chi connectivity index (χ1n) is 16.3. The van der Waals surface area contributed by atoms with Crippen molar-refractivity contribution >= 4 is 29.1 Å². The van der Waals surface area contributed by atoms with Crippen LogP contribution >= 0.6 is 0 Å². The first kappa shape index (κ1) is 33.4. The summed E-state index contributed by atoms with van der Waals surface area (Å²) in [7, 11) is 0. The van der Waals surface area contributed by atoms with E-state index in [1.165, 1.54) is 4.90 Å². The number of rotatable bonds is 13. The Hall–Kier alpha value is -3.95. The topological polar surface area (TPSA) is 99.6 Å². The van der Waals surface area contributed by atoms with Gasteiger partial charge in [-0.25, -0.2) is 0 Å². The van der Waals surface area contributed by atoms with Gasteiger partial charge in [0.25, 0.3) is 5.91 Å². The van der Waals surface area contributed by atoms with Gasteiger partial charge in [-0.1, -0.05) is 31.2 Å². The number of hydrogen-bond donors (Lipinski definition) is 1. The zero-order valence-corrected chi connectivity index (χ0v) is 27.7. The zero-order valence-electron chi connectivity index (χ0n) is 27.7. The maximum Gasteiger partial charge on any atom is 0.253 e. The summed E-state index contributed by atoms with van der Waals surface area (Å²) in [4.78, 5) is 49.2. The molecular weight excluding hydrogens is 582 g/mol. The van der Waals surface area contributed by atoms with Crippen molar-refractivity contribution in [2.45, 2.75) is 77.2 Å². The molecule has 2 unspecified atom stereocenters. The summed E-state index contributed by atoms with van der Waals surface area (Å²) < 4.78 is 12.5. The van der Waals surface area contributed by atoms with Crippen LogP contribution in [0.4, 0.5) is 11.4 Å². The molecular formula is C37H47N3O6. The van der Waals surface area contributed by atoms with Crippen LogP contribution < -0.4 is 14.5 Å². The Morgan fingerprint density at radius 3 is 2.35 bits per heavy atom. The van der Waals surface area contributed by atoms with E-state index in [4.69, 9.17) is 9.47 Å². The average molecular weight is 630 g/mol. The molecule has 0 aliphatic carbocycles. The number of hydrogen-bond acceptors (Lipinski definition) is 6. The van der Waals surface area contributed by atoms with Crippen LogP contribution in [0.25, 0.3) is 0 Å². The van der Waals surface area contributed by atoms with Crippen LogP contribution in [0.3, 0.4) is 0 Å². The minimum atomic E-state index is -1.23. The van der Waals surface area contributed by atoms with Crippen molar-refractivity contribution in [3.8, 4) is 5.75 Å². The van der Waals surface area contributed by atoms with Crippen LogP contribution in [0.1, 0.15) is 51.2 Å². The largest absolute Gasteiger partial charge is 0.494 e. The number of nitrogens with zero attached hydrogens (tertiary/aromatic N) is 3. The van der Waals surface area contributed by atoms with Gasteiger partial charge in [0, 0.05) is 24.5 Å². The van der Waals surface area contributed by atoms with Gasteiger partial charge in [0.15, 0.2) is 0 Å². The number of anilines is 2. The molecule has 1 spiro atoms. The summed E-state index contributed by atoms with van der Waals surface area (Å²) in [5.41, 5.74) is 1.09. The predicted molar refractivity (Wildman–Crippen MR) is 179 cm³/mol. The summed E-state index contributed by atoms with van der Waals surface area (Å²) in [6.07, 6.45) is 4.72. The van der Waals surface area contributed by atoms with Gasteiger partial charge in [-0.3, -0.25) is 14.4 Å². The molecule has 3 aliphatic rings. The molecule has 6 atom stereocenters. The van der Waals surface area contributed by atoms with E-state index in [-0.39, 0.29) is 37.4 Å². The number of carbonyl (C=O) groups is 3. The summed E-state index contributed by atoms with van der Waals surface area (Å²) in [6, 6.07) is 11.6. The Labute approximate surface area is 272 Å². The fourth-order valence-electron chi connectivity index (χ4n) is 7.93. The van der Waals surface area contributed by atoms with Crippen LogP contribution in [0, 0.1) is 25.7 Å². The molecule has 0 aromatic heterocycles. The highest BCUT2D eigenvalue weighted by Gasteiger charge is 2.79. The molecule has 0 radical (unpaired) electrons. The van der Waals surface area contributed by atoms with Gasteiger partial charge in [-0.15, -0.1) is 13.2 Å². The van der Waals surface area contributed by atoms with Gasteiger partial charge >= 0.3 is 0 Å². The third-order valence-corrected chi connectivity index (χ3v) is 10.1. The second kappa shape index (κ2) is 13.0. The molecule has 9 heteroatoms. The Balaban J connectivity index is 1.61. The van der Waals surface area contributed by atoms with E-state index < -0.39 is 35.1 Å². The molecule has 3 heterocycles. The molecule has 3 saturated heterocycles. The lowest BCUT2D eigenvalue weighted by molar-refractivity contribution is -0.148. The number of amides is 3. The molecule has 246 valence electrons. The molecule has 2 aromatic carbocycles. The first-order chi connectivity index (χ1) is 22.0. The van der Waals surface area contributed by atoms with Gasteiger partial charge in [-0.2, -0.15) is 0 Å². The molecule has 2 bridgehead atoms. The molecule has 3 amide bonds. The van der Waals surface area contributed by atoms with Crippen LogP contribution in [-0.4, -0.2) is 77.3 Å². The summed E-state index contributed by atoms with van der Waals surface area (Å²) in [5.74, 6) is -1.93. The minimum Gasteiger partial charge on any atom is -0.494 e. The maximum absolute atomic E-state index is 14.9. The molecule has 0 saturated carbocycles. The third kappa shape index (κ3) is 5.33. The van der Waals surface area contributed by atoms with E-state index in [2.05, 4.69) is 13.2 Å². The lowest BCUT2D eigenvalue weighted by Gasteiger charge is -2.39. The normalized spacial score (nSPS) is 26.9. The average Bonchev–Trinajstić information content (AvgIpc) is 3.61. The zero-order chi connectivity index (χ0) is 33.4. The van der Waals surface area contributed by atoms with Crippen molar-refractivity contribution in [2.24, 2.45) is 11.8 Å². The Kier molecular flexibility index (Phi) is 9.47. The molecule has 5 rings (SSSR count). The van der Waals surface area contributed by atoms with Crippen molar-refractivity contribution in [2.75, 3.05) is 36.1 Å². The van der Waals surface area contributed by atoms with Gasteiger partial charge < -0.3 is 29.3 Å². The number of ether oxygens (including phenoxy) is 2. The van der Waals surface area contributed by atoms with Crippen LogP contribution in [0.5, 0.6) is 5.75 Å². The fourth-order valence-corrected chi connectivity index (χ4v) is 7.93.